The number of anilines is 1. The van der Waals surface area contributed by atoms with Crippen molar-refractivity contribution >= 4 is 33.4 Å². The molecular weight excluding hydrogens is 360 g/mol. The second-order valence-electron chi connectivity index (χ2n) is 6.09. The average Bonchev–Trinajstić information content (AvgIpc) is 2.93. The minimum absolute atomic E-state index is 0.105. The highest BCUT2D eigenvalue weighted by atomic mass is 79.9. The molecule has 2 amide bonds. The van der Waals surface area contributed by atoms with Crippen LogP contribution in [0, 0.1) is 0 Å². The topological polar surface area (TPSA) is 76.0 Å². The standard InChI is InChI=1S/C16H19BrN4O2/c1-16(2,3)21-10-13(8-19-21)20-14(22)9-18-15(23)11-5-4-6-12(17)7-11/h4-8,10H,9H2,1-3H3,(H,18,23)(H,20,22). The Kier molecular flexibility index (Phi) is 5.20. The number of benzene rings is 1. The lowest BCUT2D eigenvalue weighted by Crippen LogP contribution is -2.32. The third-order valence-corrected chi connectivity index (χ3v) is 3.54. The van der Waals surface area contributed by atoms with Gasteiger partial charge in [0.1, 0.15) is 0 Å². The fourth-order valence-electron chi connectivity index (χ4n) is 1.85. The fourth-order valence-corrected chi connectivity index (χ4v) is 2.25. The number of amides is 2. The zero-order valence-corrected chi connectivity index (χ0v) is 14.8. The highest BCUT2D eigenvalue weighted by molar-refractivity contribution is 9.10. The van der Waals surface area contributed by atoms with Gasteiger partial charge in [-0.05, 0) is 39.0 Å². The van der Waals surface area contributed by atoms with E-state index < -0.39 is 0 Å². The summed E-state index contributed by atoms with van der Waals surface area (Å²) in [6.07, 6.45) is 3.34. The van der Waals surface area contributed by atoms with Crippen molar-refractivity contribution in [2.45, 2.75) is 26.3 Å². The minimum atomic E-state index is -0.304. The van der Waals surface area contributed by atoms with E-state index in [2.05, 4.69) is 31.7 Å². The lowest BCUT2D eigenvalue weighted by atomic mass is 10.1. The van der Waals surface area contributed by atoms with Crippen molar-refractivity contribution in [1.82, 2.24) is 15.1 Å². The average molecular weight is 379 g/mol. The van der Waals surface area contributed by atoms with Crippen LogP contribution in [-0.2, 0) is 10.3 Å². The van der Waals surface area contributed by atoms with Crippen LogP contribution in [0.25, 0.3) is 0 Å². The van der Waals surface area contributed by atoms with E-state index >= 15 is 0 Å². The molecule has 0 aliphatic rings. The van der Waals surface area contributed by atoms with Crippen LogP contribution >= 0.6 is 15.9 Å². The van der Waals surface area contributed by atoms with Crippen LogP contribution < -0.4 is 10.6 Å². The van der Waals surface area contributed by atoms with Crippen LogP contribution in [0.4, 0.5) is 5.69 Å². The summed E-state index contributed by atoms with van der Waals surface area (Å²) in [5.74, 6) is -0.603. The Morgan fingerprint density at radius 3 is 2.65 bits per heavy atom. The van der Waals surface area contributed by atoms with Crippen molar-refractivity contribution < 1.29 is 9.59 Å². The zero-order chi connectivity index (χ0) is 17.0. The normalized spacial score (nSPS) is 11.1. The highest BCUT2D eigenvalue weighted by Crippen LogP contribution is 2.15. The van der Waals surface area contributed by atoms with Crippen molar-refractivity contribution in [3.8, 4) is 0 Å². The van der Waals surface area contributed by atoms with Crippen molar-refractivity contribution in [2.75, 3.05) is 11.9 Å². The Morgan fingerprint density at radius 1 is 1.30 bits per heavy atom. The van der Waals surface area contributed by atoms with Gasteiger partial charge in [-0.1, -0.05) is 22.0 Å². The maximum absolute atomic E-state index is 12.0. The number of hydrogen-bond donors (Lipinski definition) is 2. The molecule has 0 saturated heterocycles. The van der Waals surface area contributed by atoms with E-state index in [4.69, 9.17) is 0 Å². The summed E-state index contributed by atoms with van der Waals surface area (Å²) in [6, 6.07) is 6.97. The molecule has 0 atom stereocenters. The second-order valence-corrected chi connectivity index (χ2v) is 7.00. The molecule has 1 aromatic heterocycles. The van der Waals surface area contributed by atoms with Crippen molar-refractivity contribution in [2.24, 2.45) is 0 Å². The van der Waals surface area contributed by atoms with Gasteiger partial charge in [-0.2, -0.15) is 5.10 Å². The molecule has 2 rings (SSSR count). The Balaban J connectivity index is 1.88. The van der Waals surface area contributed by atoms with Crippen molar-refractivity contribution in [1.29, 1.82) is 0 Å². The van der Waals surface area contributed by atoms with Gasteiger partial charge in [0.2, 0.25) is 5.91 Å². The Morgan fingerprint density at radius 2 is 2.04 bits per heavy atom. The van der Waals surface area contributed by atoms with E-state index in [1.165, 1.54) is 0 Å². The first kappa shape index (κ1) is 17.2. The van der Waals surface area contributed by atoms with Crippen molar-refractivity contribution in [3.63, 3.8) is 0 Å². The quantitative estimate of drug-likeness (QED) is 0.858. The number of halogens is 1. The van der Waals surface area contributed by atoms with E-state index in [-0.39, 0.29) is 23.9 Å². The third-order valence-electron chi connectivity index (χ3n) is 3.05. The van der Waals surface area contributed by atoms with Gasteiger partial charge >= 0.3 is 0 Å². The third kappa shape index (κ3) is 4.92. The molecule has 0 radical (unpaired) electrons. The molecule has 0 bridgehead atoms. The molecule has 0 spiro atoms. The molecule has 0 unspecified atom stereocenters. The first-order valence-corrected chi connectivity index (χ1v) is 7.94. The highest BCUT2D eigenvalue weighted by Gasteiger charge is 2.15. The maximum atomic E-state index is 12.0. The summed E-state index contributed by atoms with van der Waals surface area (Å²) in [5, 5.41) is 9.49. The van der Waals surface area contributed by atoms with E-state index in [9.17, 15) is 9.59 Å². The van der Waals surface area contributed by atoms with Gasteiger partial charge in [0.05, 0.1) is 24.0 Å². The van der Waals surface area contributed by atoms with Gasteiger partial charge in [0.15, 0.2) is 0 Å². The number of rotatable bonds is 4. The Labute approximate surface area is 143 Å². The molecule has 23 heavy (non-hydrogen) atoms. The Bertz CT molecular complexity index is 719. The summed E-state index contributed by atoms with van der Waals surface area (Å²) in [4.78, 5) is 23.9. The first-order valence-electron chi connectivity index (χ1n) is 7.14. The molecule has 1 heterocycles. The molecule has 7 heteroatoms. The largest absolute Gasteiger partial charge is 0.343 e. The lowest BCUT2D eigenvalue weighted by Gasteiger charge is -2.18. The molecule has 0 saturated carbocycles. The second kappa shape index (κ2) is 6.95. The molecule has 122 valence electrons. The van der Waals surface area contributed by atoms with Crippen LogP contribution in [0.2, 0.25) is 0 Å². The van der Waals surface area contributed by atoms with E-state index in [0.29, 0.717) is 11.3 Å². The predicted octanol–water partition coefficient (Wildman–Crippen LogP) is 2.77. The van der Waals surface area contributed by atoms with E-state index in [0.717, 1.165) is 4.47 Å². The van der Waals surface area contributed by atoms with E-state index in [1.807, 2.05) is 26.8 Å². The molecule has 2 aromatic rings. The van der Waals surface area contributed by atoms with Crippen LogP contribution in [0.15, 0.2) is 41.1 Å². The number of nitrogens with zero attached hydrogens (tertiary/aromatic N) is 2. The summed E-state index contributed by atoms with van der Waals surface area (Å²) in [6.45, 7) is 5.95. The first-order chi connectivity index (χ1) is 10.8. The van der Waals surface area contributed by atoms with Crippen LogP contribution in [0.1, 0.15) is 31.1 Å². The summed E-state index contributed by atoms with van der Waals surface area (Å²) in [5.41, 5.74) is 0.937. The SMILES string of the molecule is CC(C)(C)n1cc(NC(=O)CNC(=O)c2cccc(Br)c2)cn1. The number of carbonyl (C=O) groups excluding carboxylic acids is 2. The monoisotopic (exact) mass is 378 g/mol. The molecular formula is C16H19BrN4O2. The number of nitrogens with one attached hydrogen (secondary N) is 2. The molecule has 0 aliphatic heterocycles. The van der Waals surface area contributed by atoms with E-state index in [1.54, 1.807) is 35.3 Å². The van der Waals surface area contributed by atoms with Gasteiger partial charge in [-0.25, -0.2) is 0 Å². The molecule has 0 aliphatic carbocycles. The molecule has 6 nitrogen and oxygen atoms in total. The maximum Gasteiger partial charge on any atom is 0.251 e. The molecule has 0 fully saturated rings. The van der Waals surface area contributed by atoms with Gasteiger partial charge < -0.3 is 10.6 Å². The van der Waals surface area contributed by atoms with Gasteiger partial charge in [0, 0.05) is 16.2 Å². The van der Waals surface area contributed by atoms with Crippen LogP contribution in [-0.4, -0.2) is 28.1 Å². The van der Waals surface area contributed by atoms with Gasteiger partial charge in [-0.3, -0.25) is 14.3 Å². The van der Waals surface area contributed by atoms with Crippen molar-refractivity contribution in [3.05, 3.63) is 46.7 Å². The van der Waals surface area contributed by atoms with Gasteiger partial charge in [0.25, 0.3) is 5.91 Å². The van der Waals surface area contributed by atoms with Gasteiger partial charge in [-0.15, -0.1) is 0 Å². The molecule has 2 N–H and O–H groups in total. The van der Waals surface area contributed by atoms with Crippen LogP contribution in [0.5, 0.6) is 0 Å². The minimum Gasteiger partial charge on any atom is -0.343 e. The molecule has 1 aromatic carbocycles. The number of carbonyl (C=O) groups is 2. The number of aromatic nitrogens is 2. The fraction of sp³-hybridized carbons (Fsp3) is 0.312. The summed E-state index contributed by atoms with van der Waals surface area (Å²) in [7, 11) is 0. The number of hydrogen-bond acceptors (Lipinski definition) is 3. The lowest BCUT2D eigenvalue weighted by molar-refractivity contribution is -0.115. The smallest absolute Gasteiger partial charge is 0.251 e. The zero-order valence-electron chi connectivity index (χ0n) is 13.3. The summed E-state index contributed by atoms with van der Waals surface area (Å²) < 4.78 is 2.58. The van der Waals surface area contributed by atoms with Crippen LogP contribution in [0.3, 0.4) is 0 Å². The Hall–Kier alpha value is -2.15. The summed E-state index contributed by atoms with van der Waals surface area (Å²) >= 11 is 3.30. The predicted molar refractivity (Wildman–Crippen MR) is 92.3 cm³/mol.